The first-order chi connectivity index (χ1) is 13.1. The van der Waals surface area contributed by atoms with Gasteiger partial charge in [0, 0.05) is 25.6 Å². The predicted molar refractivity (Wildman–Crippen MR) is 96.5 cm³/mol. The normalized spacial score (nSPS) is 32.9. The topological polar surface area (TPSA) is 79.8 Å². The Morgan fingerprint density at radius 2 is 2.00 bits per heavy atom. The third-order valence-corrected chi connectivity index (χ3v) is 5.81. The summed E-state index contributed by atoms with van der Waals surface area (Å²) in [4.78, 5) is 12.1. The second-order valence-electron chi connectivity index (χ2n) is 7.81. The molecule has 2 heterocycles. The van der Waals surface area contributed by atoms with Gasteiger partial charge in [0.1, 0.15) is 18.0 Å². The summed E-state index contributed by atoms with van der Waals surface area (Å²) in [6, 6.07) is 6.59. The Kier molecular flexibility index (Phi) is 5.73. The minimum Gasteiger partial charge on any atom is -0.388 e. The van der Waals surface area contributed by atoms with E-state index < -0.39 is 6.10 Å². The number of halogens is 1. The Hall–Kier alpha value is -1.54. The molecule has 5 atom stereocenters. The lowest BCUT2D eigenvalue weighted by Gasteiger charge is -2.29. The fourth-order valence-corrected chi connectivity index (χ4v) is 3.99. The summed E-state index contributed by atoms with van der Waals surface area (Å²) in [5, 5.41) is 16.7. The largest absolute Gasteiger partial charge is 0.388 e. The number of amides is 1. The number of hydrogen-bond donors (Lipinski definition) is 3. The second-order valence-corrected chi connectivity index (χ2v) is 7.81. The molecule has 3 aliphatic rings. The standard InChI is InChI=1S/C20H27FN2O4/c21-13-6-4-12(5-7-13)10-23-18(24)9-15-8-16-20(26-15)19(25)17(27-16)11-22-14-2-1-3-14/h4-7,14-17,19-20,22,25H,1-3,8-11H2,(H,23,24)/t15-,16+,17+,19+,20-/m0/s1. The van der Waals surface area contributed by atoms with E-state index in [1.54, 1.807) is 12.1 Å². The van der Waals surface area contributed by atoms with Gasteiger partial charge in [-0.15, -0.1) is 0 Å². The number of aliphatic hydroxyl groups is 1. The predicted octanol–water partition coefficient (Wildman–Crippen LogP) is 1.26. The third-order valence-electron chi connectivity index (χ3n) is 5.81. The van der Waals surface area contributed by atoms with Crippen LogP contribution in [-0.4, -0.2) is 54.1 Å². The fraction of sp³-hybridized carbons (Fsp3) is 0.650. The first-order valence-electron chi connectivity index (χ1n) is 9.82. The molecule has 0 bridgehead atoms. The van der Waals surface area contributed by atoms with Gasteiger partial charge in [0.2, 0.25) is 5.91 Å². The number of fused-ring (bicyclic) bond motifs is 1. The van der Waals surface area contributed by atoms with Crippen molar-refractivity contribution < 1.29 is 23.8 Å². The summed E-state index contributed by atoms with van der Waals surface area (Å²) >= 11 is 0. The van der Waals surface area contributed by atoms with E-state index in [1.807, 2.05) is 0 Å². The van der Waals surface area contributed by atoms with Gasteiger partial charge in [-0.3, -0.25) is 4.79 Å². The fourth-order valence-electron chi connectivity index (χ4n) is 3.99. The molecule has 0 unspecified atom stereocenters. The Balaban J connectivity index is 1.19. The van der Waals surface area contributed by atoms with E-state index in [-0.39, 0.29) is 42.6 Å². The summed E-state index contributed by atoms with van der Waals surface area (Å²) in [5.74, 6) is -0.419. The molecular weight excluding hydrogens is 351 g/mol. The molecular formula is C20H27FN2O4. The van der Waals surface area contributed by atoms with E-state index in [0.29, 0.717) is 25.6 Å². The number of hydrogen-bond acceptors (Lipinski definition) is 5. The molecule has 0 radical (unpaired) electrons. The molecule has 4 rings (SSSR count). The van der Waals surface area contributed by atoms with Crippen LogP contribution in [-0.2, 0) is 20.8 Å². The SMILES string of the molecule is O=C(C[C@@H]1C[C@H]2O[C@H](CNC3CCC3)[C@@H](O)[C@H]2O1)NCc1ccc(F)cc1. The van der Waals surface area contributed by atoms with Gasteiger partial charge in [-0.05, 0) is 30.5 Å². The van der Waals surface area contributed by atoms with Gasteiger partial charge in [0.05, 0.1) is 24.7 Å². The van der Waals surface area contributed by atoms with E-state index in [4.69, 9.17) is 9.47 Å². The summed E-state index contributed by atoms with van der Waals surface area (Å²) in [7, 11) is 0. The zero-order valence-electron chi connectivity index (χ0n) is 15.3. The van der Waals surface area contributed by atoms with Crippen LogP contribution in [0.5, 0.6) is 0 Å². The minimum absolute atomic E-state index is 0.123. The van der Waals surface area contributed by atoms with Crippen molar-refractivity contribution in [2.24, 2.45) is 0 Å². The summed E-state index contributed by atoms with van der Waals surface area (Å²) in [6.07, 6.45) is 2.86. The highest BCUT2D eigenvalue weighted by Crippen LogP contribution is 2.35. The van der Waals surface area contributed by atoms with Gasteiger partial charge in [-0.25, -0.2) is 4.39 Å². The molecule has 2 saturated heterocycles. The van der Waals surface area contributed by atoms with Crippen LogP contribution in [0.4, 0.5) is 4.39 Å². The average molecular weight is 378 g/mol. The molecule has 0 spiro atoms. The van der Waals surface area contributed by atoms with E-state index >= 15 is 0 Å². The highest BCUT2D eigenvalue weighted by Gasteiger charge is 2.50. The highest BCUT2D eigenvalue weighted by atomic mass is 19.1. The van der Waals surface area contributed by atoms with Gasteiger partial charge in [0.25, 0.3) is 0 Å². The molecule has 3 fully saturated rings. The number of carbonyl (C=O) groups is 1. The number of rotatable bonds is 7. The molecule has 148 valence electrons. The number of aliphatic hydroxyl groups excluding tert-OH is 1. The number of nitrogens with one attached hydrogen (secondary N) is 2. The molecule has 1 saturated carbocycles. The lowest BCUT2D eigenvalue weighted by molar-refractivity contribution is -0.124. The molecule has 1 amide bonds. The van der Waals surface area contributed by atoms with Crippen molar-refractivity contribution in [2.45, 2.75) is 75.2 Å². The van der Waals surface area contributed by atoms with Crippen LogP contribution in [0.25, 0.3) is 0 Å². The van der Waals surface area contributed by atoms with E-state index in [0.717, 1.165) is 5.56 Å². The van der Waals surface area contributed by atoms with Gasteiger partial charge >= 0.3 is 0 Å². The smallest absolute Gasteiger partial charge is 0.222 e. The first kappa shape index (κ1) is 18.8. The van der Waals surface area contributed by atoms with Crippen LogP contribution in [0.3, 0.4) is 0 Å². The number of carbonyl (C=O) groups excluding carboxylic acids is 1. The lowest BCUT2D eigenvalue weighted by atomic mass is 9.93. The Morgan fingerprint density at radius 3 is 2.67 bits per heavy atom. The Bertz CT molecular complexity index is 652. The molecule has 3 N–H and O–H groups in total. The van der Waals surface area contributed by atoms with Crippen LogP contribution in [0.2, 0.25) is 0 Å². The van der Waals surface area contributed by atoms with Crippen LogP contribution in [0.1, 0.15) is 37.7 Å². The maximum atomic E-state index is 12.9. The van der Waals surface area contributed by atoms with Crippen molar-refractivity contribution in [3.05, 3.63) is 35.6 Å². The lowest BCUT2D eigenvalue weighted by Crippen LogP contribution is -2.44. The van der Waals surface area contributed by atoms with Gasteiger partial charge in [-0.1, -0.05) is 18.6 Å². The van der Waals surface area contributed by atoms with Crippen LogP contribution in [0, 0.1) is 5.82 Å². The van der Waals surface area contributed by atoms with Crippen molar-refractivity contribution in [1.82, 2.24) is 10.6 Å². The molecule has 2 aliphatic heterocycles. The number of benzene rings is 1. The second kappa shape index (κ2) is 8.22. The molecule has 27 heavy (non-hydrogen) atoms. The summed E-state index contributed by atoms with van der Waals surface area (Å²) < 4.78 is 24.8. The van der Waals surface area contributed by atoms with Gasteiger partial charge in [0.15, 0.2) is 0 Å². The van der Waals surface area contributed by atoms with Crippen molar-refractivity contribution in [1.29, 1.82) is 0 Å². The molecule has 6 nitrogen and oxygen atoms in total. The van der Waals surface area contributed by atoms with Crippen LogP contribution >= 0.6 is 0 Å². The zero-order valence-corrected chi connectivity index (χ0v) is 15.3. The third kappa shape index (κ3) is 4.48. The first-order valence-corrected chi connectivity index (χ1v) is 9.82. The highest BCUT2D eigenvalue weighted by molar-refractivity contribution is 5.76. The van der Waals surface area contributed by atoms with Crippen molar-refractivity contribution in [2.75, 3.05) is 6.54 Å². The Morgan fingerprint density at radius 1 is 1.22 bits per heavy atom. The zero-order chi connectivity index (χ0) is 18.8. The maximum Gasteiger partial charge on any atom is 0.222 e. The average Bonchev–Trinajstić information content (AvgIpc) is 3.12. The van der Waals surface area contributed by atoms with Crippen LogP contribution < -0.4 is 10.6 Å². The molecule has 7 heteroatoms. The van der Waals surface area contributed by atoms with Gasteiger partial charge in [-0.2, -0.15) is 0 Å². The molecule has 1 aromatic rings. The monoisotopic (exact) mass is 378 g/mol. The molecule has 1 aliphatic carbocycles. The van der Waals surface area contributed by atoms with Crippen molar-refractivity contribution in [3.8, 4) is 0 Å². The van der Waals surface area contributed by atoms with Crippen molar-refractivity contribution in [3.63, 3.8) is 0 Å². The molecule has 0 aromatic heterocycles. The summed E-state index contributed by atoms with van der Waals surface area (Å²) in [6.45, 7) is 0.998. The van der Waals surface area contributed by atoms with Crippen molar-refractivity contribution >= 4 is 5.91 Å². The number of ether oxygens (including phenoxy) is 2. The van der Waals surface area contributed by atoms with Gasteiger partial charge < -0.3 is 25.2 Å². The quantitative estimate of drug-likeness (QED) is 0.666. The van der Waals surface area contributed by atoms with Crippen LogP contribution in [0.15, 0.2) is 24.3 Å². The van der Waals surface area contributed by atoms with E-state index in [1.165, 1.54) is 31.4 Å². The minimum atomic E-state index is -0.658. The van der Waals surface area contributed by atoms with E-state index in [9.17, 15) is 14.3 Å². The maximum absolute atomic E-state index is 12.9. The van der Waals surface area contributed by atoms with E-state index in [2.05, 4.69) is 10.6 Å². The summed E-state index contributed by atoms with van der Waals surface area (Å²) in [5.41, 5.74) is 0.842. The Labute approximate surface area is 158 Å². The molecule has 1 aromatic carbocycles.